The minimum Gasteiger partial charge on any atom is -0.481 e. The van der Waals surface area contributed by atoms with E-state index in [4.69, 9.17) is 4.74 Å². The lowest BCUT2D eigenvalue weighted by atomic mass is 9.97. The SMILES string of the molecule is COc1ccc(C(C)(C)N=C=O)cn1. The topological polar surface area (TPSA) is 51.5 Å². The molecule has 0 radical (unpaired) electrons. The van der Waals surface area contributed by atoms with E-state index in [9.17, 15) is 4.79 Å². The molecule has 1 rings (SSSR count). The molecule has 0 atom stereocenters. The van der Waals surface area contributed by atoms with E-state index in [1.54, 1.807) is 25.5 Å². The third-order valence-electron chi connectivity index (χ3n) is 1.98. The lowest BCUT2D eigenvalue weighted by Crippen LogP contribution is -2.13. The molecule has 0 bridgehead atoms. The highest BCUT2D eigenvalue weighted by Gasteiger charge is 2.19. The van der Waals surface area contributed by atoms with Crippen molar-refractivity contribution < 1.29 is 9.53 Å². The summed E-state index contributed by atoms with van der Waals surface area (Å²) in [6.45, 7) is 3.64. The van der Waals surface area contributed by atoms with Gasteiger partial charge in [0.2, 0.25) is 12.0 Å². The number of nitrogens with zero attached hydrogens (tertiary/aromatic N) is 2. The van der Waals surface area contributed by atoms with E-state index in [-0.39, 0.29) is 0 Å². The van der Waals surface area contributed by atoms with Crippen LogP contribution >= 0.6 is 0 Å². The number of methoxy groups -OCH3 is 1. The first-order valence-corrected chi connectivity index (χ1v) is 4.19. The molecule has 74 valence electrons. The van der Waals surface area contributed by atoms with Crippen molar-refractivity contribution in [2.45, 2.75) is 19.4 Å². The summed E-state index contributed by atoms with van der Waals surface area (Å²) in [5, 5.41) is 0. The average Bonchev–Trinajstić information content (AvgIpc) is 2.18. The molecule has 1 aromatic rings. The van der Waals surface area contributed by atoms with Gasteiger partial charge in [-0.25, -0.2) is 9.78 Å². The molecule has 0 unspecified atom stereocenters. The van der Waals surface area contributed by atoms with E-state index in [0.717, 1.165) is 5.56 Å². The van der Waals surface area contributed by atoms with Crippen molar-refractivity contribution >= 4 is 6.08 Å². The zero-order valence-electron chi connectivity index (χ0n) is 8.44. The Bertz CT molecular complexity index is 351. The zero-order chi connectivity index (χ0) is 10.6. The highest BCUT2D eigenvalue weighted by atomic mass is 16.5. The van der Waals surface area contributed by atoms with Crippen LogP contribution in [0, 0.1) is 0 Å². The van der Waals surface area contributed by atoms with E-state index >= 15 is 0 Å². The fourth-order valence-corrected chi connectivity index (χ4v) is 1.04. The van der Waals surface area contributed by atoms with Gasteiger partial charge in [0.15, 0.2) is 0 Å². The molecule has 0 aromatic carbocycles. The summed E-state index contributed by atoms with van der Waals surface area (Å²) < 4.78 is 4.92. The second kappa shape index (κ2) is 4.03. The van der Waals surface area contributed by atoms with Gasteiger partial charge in [-0.15, -0.1) is 0 Å². The van der Waals surface area contributed by atoms with E-state index in [2.05, 4.69) is 9.98 Å². The first-order valence-electron chi connectivity index (χ1n) is 4.19. The van der Waals surface area contributed by atoms with Crippen molar-refractivity contribution in [1.29, 1.82) is 0 Å². The van der Waals surface area contributed by atoms with E-state index < -0.39 is 5.54 Å². The molecular formula is C10H12N2O2. The lowest BCUT2D eigenvalue weighted by Gasteiger charge is -2.17. The number of ether oxygens (including phenoxy) is 1. The monoisotopic (exact) mass is 192 g/mol. The largest absolute Gasteiger partial charge is 0.481 e. The number of pyridine rings is 1. The third kappa shape index (κ3) is 2.18. The fourth-order valence-electron chi connectivity index (χ4n) is 1.04. The quantitative estimate of drug-likeness (QED) is 0.540. The van der Waals surface area contributed by atoms with Gasteiger partial charge in [-0.1, -0.05) is 0 Å². The molecule has 4 nitrogen and oxygen atoms in total. The van der Waals surface area contributed by atoms with Gasteiger partial charge < -0.3 is 4.74 Å². The molecule has 0 aliphatic heterocycles. The highest BCUT2D eigenvalue weighted by Crippen LogP contribution is 2.24. The summed E-state index contributed by atoms with van der Waals surface area (Å²) in [6, 6.07) is 3.56. The van der Waals surface area contributed by atoms with Crippen LogP contribution in [0.25, 0.3) is 0 Å². The first kappa shape index (κ1) is 10.4. The standard InChI is InChI=1S/C10H12N2O2/c1-10(2,12-7-13)8-4-5-9(14-3)11-6-8/h4-6H,1-3H3. The van der Waals surface area contributed by atoms with Gasteiger partial charge in [0, 0.05) is 12.3 Å². The summed E-state index contributed by atoms with van der Waals surface area (Å²) in [7, 11) is 1.55. The fraction of sp³-hybridized carbons (Fsp3) is 0.400. The van der Waals surface area contributed by atoms with Crippen molar-refractivity contribution in [3.63, 3.8) is 0 Å². The lowest BCUT2D eigenvalue weighted by molar-refractivity contribution is 0.396. The van der Waals surface area contributed by atoms with Crippen molar-refractivity contribution in [3.05, 3.63) is 23.9 Å². The van der Waals surface area contributed by atoms with Gasteiger partial charge in [-0.05, 0) is 25.5 Å². The summed E-state index contributed by atoms with van der Waals surface area (Å²) in [5.41, 5.74) is 0.266. The smallest absolute Gasteiger partial charge is 0.235 e. The third-order valence-corrected chi connectivity index (χ3v) is 1.98. The second-order valence-electron chi connectivity index (χ2n) is 3.35. The number of rotatable bonds is 3. The maximum absolute atomic E-state index is 10.2. The molecule has 0 saturated carbocycles. The van der Waals surface area contributed by atoms with Crippen LogP contribution in [0.5, 0.6) is 5.88 Å². The van der Waals surface area contributed by atoms with Crippen LogP contribution in [-0.4, -0.2) is 18.2 Å². The summed E-state index contributed by atoms with van der Waals surface area (Å²) in [6.07, 6.45) is 3.19. The van der Waals surface area contributed by atoms with Crippen molar-refractivity contribution in [3.8, 4) is 5.88 Å². The molecule has 0 aliphatic carbocycles. The predicted molar refractivity (Wildman–Crippen MR) is 51.9 cm³/mol. The van der Waals surface area contributed by atoms with Gasteiger partial charge >= 0.3 is 0 Å². The first-order chi connectivity index (χ1) is 6.60. The van der Waals surface area contributed by atoms with Crippen molar-refractivity contribution in [2.75, 3.05) is 7.11 Å². The molecule has 0 fully saturated rings. The van der Waals surface area contributed by atoms with Crippen LogP contribution in [-0.2, 0) is 10.3 Å². The Labute approximate surface area is 82.6 Å². The molecule has 0 aliphatic rings. The molecule has 14 heavy (non-hydrogen) atoms. The van der Waals surface area contributed by atoms with E-state index in [0.29, 0.717) is 5.88 Å². The number of hydrogen-bond acceptors (Lipinski definition) is 4. The Kier molecular flexibility index (Phi) is 2.99. The average molecular weight is 192 g/mol. The van der Waals surface area contributed by atoms with Crippen LogP contribution in [0.4, 0.5) is 0 Å². The minimum absolute atomic E-state index is 0.541. The number of isocyanates is 1. The van der Waals surface area contributed by atoms with Crippen LogP contribution in [0.1, 0.15) is 19.4 Å². The molecule has 0 spiro atoms. The van der Waals surface area contributed by atoms with Crippen LogP contribution in [0.2, 0.25) is 0 Å². The Morgan fingerprint density at radius 1 is 1.50 bits per heavy atom. The molecule has 0 amide bonds. The van der Waals surface area contributed by atoms with Gasteiger partial charge in [-0.2, -0.15) is 4.99 Å². The Hall–Kier alpha value is -1.67. The number of aliphatic imine (C=N–C) groups is 1. The summed E-state index contributed by atoms with van der Waals surface area (Å²) >= 11 is 0. The molecule has 4 heteroatoms. The van der Waals surface area contributed by atoms with Crippen LogP contribution in [0.15, 0.2) is 23.3 Å². The number of aromatic nitrogens is 1. The predicted octanol–water partition coefficient (Wildman–Crippen LogP) is 1.66. The second-order valence-corrected chi connectivity index (χ2v) is 3.35. The normalized spacial score (nSPS) is 10.5. The zero-order valence-corrected chi connectivity index (χ0v) is 8.44. The number of carbonyl (C=O) groups excluding carboxylic acids is 1. The molecule has 1 aromatic heterocycles. The van der Waals surface area contributed by atoms with Gasteiger partial charge in [0.1, 0.15) is 0 Å². The van der Waals surface area contributed by atoms with Gasteiger partial charge in [-0.3, -0.25) is 0 Å². The Balaban J connectivity index is 3.02. The van der Waals surface area contributed by atoms with E-state index in [1.165, 1.54) is 0 Å². The Morgan fingerprint density at radius 3 is 2.64 bits per heavy atom. The highest BCUT2D eigenvalue weighted by molar-refractivity contribution is 5.37. The van der Waals surface area contributed by atoms with Crippen molar-refractivity contribution in [1.82, 2.24) is 4.98 Å². The maximum Gasteiger partial charge on any atom is 0.235 e. The van der Waals surface area contributed by atoms with Crippen LogP contribution < -0.4 is 4.74 Å². The maximum atomic E-state index is 10.2. The van der Waals surface area contributed by atoms with E-state index in [1.807, 2.05) is 19.9 Å². The minimum atomic E-state index is -0.582. The molecule has 0 saturated heterocycles. The number of hydrogen-bond donors (Lipinski definition) is 0. The van der Waals surface area contributed by atoms with Crippen LogP contribution in [0.3, 0.4) is 0 Å². The summed E-state index contributed by atoms with van der Waals surface area (Å²) in [4.78, 5) is 17.9. The van der Waals surface area contributed by atoms with Gasteiger partial charge in [0.05, 0.1) is 12.6 Å². The summed E-state index contributed by atoms with van der Waals surface area (Å²) in [5.74, 6) is 0.541. The van der Waals surface area contributed by atoms with Gasteiger partial charge in [0.25, 0.3) is 0 Å². The molecule has 1 heterocycles. The molecular weight excluding hydrogens is 180 g/mol. The van der Waals surface area contributed by atoms with Crippen molar-refractivity contribution in [2.24, 2.45) is 4.99 Å². The molecule has 0 N–H and O–H groups in total. The Morgan fingerprint density at radius 2 is 2.21 bits per heavy atom.